The molecule has 2 aromatic carbocycles. The lowest BCUT2D eigenvalue weighted by atomic mass is 10.1. The maximum Gasteiger partial charge on any atom is 0.117 e. The van der Waals surface area contributed by atoms with E-state index in [1.807, 2.05) is 35.7 Å². The van der Waals surface area contributed by atoms with Gasteiger partial charge in [-0.05, 0) is 24.1 Å². The zero-order valence-electron chi connectivity index (χ0n) is 11.4. The number of nitrogens with zero attached hydrogens (tertiary/aromatic N) is 2. The molecule has 0 radical (unpaired) electrons. The Morgan fingerprint density at radius 2 is 1.90 bits per heavy atom. The Hall–Kier alpha value is -1.52. The summed E-state index contributed by atoms with van der Waals surface area (Å²) in [5.74, 6) is 1.08. The molecule has 4 rings (SSSR count). The minimum Gasteiger partial charge on any atom is -0.236 e. The van der Waals surface area contributed by atoms with Gasteiger partial charge in [-0.15, -0.1) is 23.5 Å². The maximum atomic E-state index is 4.46. The Morgan fingerprint density at radius 3 is 2.86 bits per heavy atom. The Morgan fingerprint density at radius 1 is 1.05 bits per heavy atom. The average Bonchev–Trinajstić information content (AvgIpc) is 2.96. The van der Waals surface area contributed by atoms with Crippen LogP contribution >= 0.6 is 23.5 Å². The second-order valence-electron chi connectivity index (χ2n) is 5.06. The highest BCUT2D eigenvalue weighted by molar-refractivity contribution is 8.03. The van der Waals surface area contributed by atoms with Gasteiger partial charge in [0.05, 0.1) is 5.52 Å². The highest BCUT2D eigenvalue weighted by Gasteiger charge is 2.22. The summed E-state index contributed by atoms with van der Waals surface area (Å²) in [6, 6.07) is 16.9. The fourth-order valence-corrected chi connectivity index (χ4v) is 5.08. The van der Waals surface area contributed by atoms with Gasteiger partial charge in [-0.1, -0.05) is 36.4 Å². The van der Waals surface area contributed by atoms with Crippen LogP contribution in [0.5, 0.6) is 0 Å². The van der Waals surface area contributed by atoms with E-state index in [9.17, 15) is 0 Å². The van der Waals surface area contributed by atoms with Crippen molar-refractivity contribution < 1.29 is 0 Å². The van der Waals surface area contributed by atoms with Gasteiger partial charge >= 0.3 is 0 Å². The smallest absolute Gasteiger partial charge is 0.117 e. The normalized spacial score (nSPS) is 17.0. The van der Waals surface area contributed by atoms with Gasteiger partial charge in [-0.3, -0.25) is 0 Å². The fourth-order valence-electron chi connectivity index (χ4n) is 2.61. The molecule has 0 aliphatic carbocycles. The van der Waals surface area contributed by atoms with Crippen molar-refractivity contribution in [3.05, 3.63) is 60.4 Å². The molecular formula is C17H14N2S2. The molecule has 2 heterocycles. The molecule has 1 aromatic heterocycles. The van der Waals surface area contributed by atoms with Crippen LogP contribution in [0.2, 0.25) is 0 Å². The topological polar surface area (TPSA) is 25.8 Å². The standard InChI is InChI=1S/C17H14N2S2/c1-4-8-16-12(5-1)9-13(21-16)10-20-17-14-6-2-3-7-15(14)18-11-19-17/h1-8,11,13H,9-10H2. The van der Waals surface area contributed by atoms with Crippen molar-refractivity contribution in [2.75, 3.05) is 5.75 Å². The van der Waals surface area contributed by atoms with Gasteiger partial charge in [0, 0.05) is 21.3 Å². The molecule has 0 N–H and O–H groups in total. The predicted octanol–water partition coefficient (Wildman–Crippen LogP) is 4.44. The van der Waals surface area contributed by atoms with E-state index < -0.39 is 0 Å². The molecule has 0 fully saturated rings. The molecule has 0 amide bonds. The van der Waals surface area contributed by atoms with Crippen molar-refractivity contribution in [2.45, 2.75) is 21.6 Å². The molecule has 3 aromatic rings. The van der Waals surface area contributed by atoms with Gasteiger partial charge in [-0.25, -0.2) is 9.97 Å². The van der Waals surface area contributed by atoms with Crippen molar-refractivity contribution in [3.63, 3.8) is 0 Å². The lowest BCUT2D eigenvalue weighted by Gasteiger charge is -2.08. The molecule has 1 aliphatic rings. The summed E-state index contributed by atoms with van der Waals surface area (Å²) in [5, 5.41) is 2.89. The van der Waals surface area contributed by atoms with E-state index in [0.29, 0.717) is 5.25 Å². The number of para-hydroxylation sites is 1. The second kappa shape index (κ2) is 5.70. The van der Waals surface area contributed by atoms with E-state index in [4.69, 9.17) is 0 Å². The molecule has 104 valence electrons. The molecule has 1 aliphatic heterocycles. The summed E-state index contributed by atoms with van der Waals surface area (Å²) in [7, 11) is 0. The molecular weight excluding hydrogens is 296 g/mol. The van der Waals surface area contributed by atoms with Crippen LogP contribution in [-0.2, 0) is 6.42 Å². The third-order valence-corrected chi connectivity index (χ3v) is 6.32. The van der Waals surface area contributed by atoms with Gasteiger partial charge in [0.2, 0.25) is 0 Å². The molecule has 0 saturated heterocycles. The largest absolute Gasteiger partial charge is 0.236 e. The number of thioether (sulfide) groups is 2. The van der Waals surface area contributed by atoms with Crippen LogP contribution in [0.4, 0.5) is 0 Å². The number of fused-ring (bicyclic) bond motifs is 2. The molecule has 0 spiro atoms. The third kappa shape index (κ3) is 2.65. The molecule has 1 unspecified atom stereocenters. The quantitative estimate of drug-likeness (QED) is 0.527. The average molecular weight is 310 g/mol. The predicted molar refractivity (Wildman–Crippen MR) is 90.1 cm³/mol. The molecule has 2 nitrogen and oxygen atoms in total. The fraction of sp³-hybridized carbons (Fsp3) is 0.176. The van der Waals surface area contributed by atoms with Crippen molar-refractivity contribution in [2.24, 2.45) is 0 Å². The van der Waals surface area contributed by atoms with E-state index in [-0.39, 0.29) is 0 Å². The summed E-state index contributed by atoms with van der Waals surface area (Å²) in [6.07, 6.45) is 2.83. The maximum absolute atomic E-state index is 4.46. The first kappa shape index (κ1) is 13.2. The number of aromatic nitrogens is 2. The van der Waals surface area contributed by atoms with Gasteiger partial charge in [0.1, 0.15) is 11.4 Å². The van der Waals surface area contributed by atoms with Crippen LogP contribution in [-0.4, -0.2) is 21.0 Å². The number of hydrogen-bond donors (Lipinski definition) is 0. The molecule has 4 heteroatoms. The van der Waals surface area contributed by atoms with Crippen LogP contribution < -0.4 is 0 Å². The van der Waals surface area contributed by atoms with Crippen molar-refractivity contribution >= 4 is 34.4 Å². The van der Waals surface area contributed by atoms with Gasteiger partial charge in [-0.2, -0.15) is 0 Å². The van der Waals surface area contributed by atoms with Gasteiger partial charge in [0.25, 0.3) is 0 Å². The highest BCUT2D eigenvalue weighted by atomic mass is 32.2. The third-order valence-electron chi connectivity index (χ3n) is 3.63. The van der Waals surface area contributed by atoms with E-state index in [1.54, 1.807) is 6.33 Å². The molecule has 21 heavy (non-hydrogen) atoms. The van der Waals surface area contributed by atoms with Crippen LogP contribution in [0, 0.1) is 0 Å². The van der Waals surface area contributed by atoms with E-state index in [2.05, 4.69) is 46.4 Å². The Labute approximate surface area is 132 Å². The van der Waals surface area contributed by atoms with E-state index >= 15 is 0 Å². The second-order valence-corrected chi connectivity index (χ2v) is 7.41. The lowest BCUT2D eigenvalue weighted by Crippen LogP contribution is -2.04. The Kier molecular flexibility index (Phi) is 3.57. The first-order chi connectivity index (χ1) is 10.4. The minimum absolute atomic E-state index is 0.640. The zero-order valence-corrected chi connectivity index (χ0v) is 13.0. The summed E-state index contributed by atoms with van der Waals surface area (Å²) < 4.78 is 0. The van der Waals surface area contributed by atoms with E-state index in [1.165, 1.54) is 10.5 Å². The number of hydrogen-bond acceptors (Lipinski definition) is 4. The SMILES string of the molecule is c1ccc2c(c1)CC(CSc1ncnc3ccccc13)S2. The van der Waals surface area contributed by atoms with E-state index in [0.717, 1.165) is 28.1 Å². The van der Waals surface area contributed by atoms with Crippen LogP contribution in [0.25, 0.3) is 10.9 Å². The van der Waals surface area contributed by atoms with Gasteiger partial charge < -0.3 is 0 Å². The Bertz CT molecular complexity index is 758. The molecule has 0 bridgehead atoms. The van der Waals surface area contributed by atoms with Crippen molar-refractivity contribution in [1.82, 2.24) is 9.97 Å². The van der Waals surface area contributed by atoms with Crippen LogP contribution in [0.3, 0.4) is 0 Å². The number of rotatable bonds is 3. The highest BCUT2D eigenvalue weighted by Crippen LogP contribution is 2.39. The summed E-state index contributed by atoms with van der Waals surface area (Å²) >= 11 is 3.84. The number of benzene rings is 2. The van der Waals surface area contributed by atoms with Crippen LogP contribution in [0.1, 0.15) is 5.56 Å². The first-order valence-electron chi connectivity index (χ1n) is 6.97. The zero-order chi connectivity index (χ0) is 14.1. The van der Waals surface area contributed by atoms with Crippen LogP contribution in [0.15, 0.2) is 64.8 Å². The molecule has 1 atom stereocenters. The monoisotopic (exact) mass is 310 g/mol. The summed E-state index contributed by atoms with van der Waals surface area (Å²) in [4.78, 5) is 10.2. The minimum atomic E-state index is 0.640. The summed E-state index contributed by atoms with van der Waals surface area (Å²) in [5.41, 5.74) is 2.51. The summed E-state index contributed by atoms with van der Waals surface area (Å²) in [6.45, 7) is 0. The van der Waals surface area contributed by atoms with Crippen molar-refractivity contribution in [1.29, 1.82) is 0 Å². The lowest BCUT2D eigenvalue weighted by molar-refractivity contribution is 0.967. The van der Waals surface area contributed by atoms with Crippen molar-refractivity contribution in [3.8, 4) is 0 Å². The Balaban J connectivity index is 1.50. The van der Waals surface area contributed by atoms with Gasteiger partial charge in [0.15, 0.2) is 0 Å². The molecule has 0 saturated carbocycles. The first-order valence-corrected chi connectivity index (χ1v) is 8.84.